The van der Waals surface area contributed by atoms with Crippen molar-refractivity contribution in [2.24, 2.45) is 0 Å². The van der Waals surface area contributed by atoms with Crippen LogP contribution in [0.4, 0.5) is 0 Å². The summed E-state index contributed by atoms with van der Waals surface area (Å²) in [5, 5.41) is 0.475. The number of benzene rings is 2. The van der Waals surface area contributed by atoms with Crippen molar-refractivity contribution in [3.05, 3.63) is 77.2 Å². The predicted octanol–water partition coefficient (Wildman–Crippen LogP) is 3.30. The van der Waals surface area contributed by atoms with Crippen molar-refractivity contribution >= 4 is 21.1 Å². The number of ether oxygens (including phenoxy) is 1. The minimum Gasteiger partial charge on any atom is -0.493 e. The van der Waals surface area contributed by atoms with Crippen LogP contribution in [0, 0.1) is 0 Å². The molecule has 0 fully saturated rings. The van der Waals surface area contributed by atoms with Crippen LogP contribution in [0.1, 0.15) is 5.56 Å². The highest BCUT2D eigenvalue weighted by atomic mass is 32.2. The van der Waals surface area contributed by atoms with Crippen molar-refractivity contribution in [1.82, 2.24) is 0 Å². The minimum atomic E-state index is -4.09. The molecular formula is C19H16O6S. The van der Waals surface area contributed by atoms with Crippen molar-refractivity contribution < 1.29 is 21.8 Å². The van der Waals surface area contributed by atoms with Gasteiger partial charge in [0.2, 0.25) is 0 Å². The SMILES string of the molecule is C=CCc1ccc(OS(=O)(=O)c2ccc3oc(=O)ccc3c2)c(OC)c1. The molecule has 26 heavy (non-hydrogen) atoms. The molecule has 0 aliphatic rings. The van der Waals surface area contributed by atoms with Crippen molar-refractivity contribution in [2.45, 2.75) is 11.3 Å². The molecule has 0 aliphatic carbocycles. The summed E-state index contributed by atoms with van der Waals surface area (Å²) in [6.07, 6.45) is 2.36. The maximum Gasteiger partial charge on any atom is 0.339 e. The number of allylic oxidation sites excluding steroid dienone is 1. The third-order valence-electron chi connectivity index (χ3n) is 3.69. The lowest BCUT2D eigenvalue weighted by atomic mass is 10.1. The van der Waals surface area contributed by atoms with Gasteiger partial charge in [0, 0.05) is 11.5 Å². The fourth-order valence-corrected chi connectivity index (χ4v) is 3.42. The average Bonchev–Trinajstić information content (AvgIpc) is 2.62. The molecule has 134 valence electrons. The number of rotatable bonds is 6. The number of hydrogen-bond donors (Lipinski definition) is 0. The second-order valence-electron chi connectivity index (χ2n) is 5.47. The van der Waals surface area contributed by atoms with E-state index < -0.39 is 15.7 Å². The summed E-state index contributed by atoms with van der Waals surface area (Å²) in [6.45, 7) is 3.67. The van der Waals surface area contributed by atoms with Gasteiger partial charge in [-0.2, -0.15) is 8.42 Å². The summed E-state index contributed by atoms with van der Waals surface area (Å²) < 4.78 is 40.7. The van der Waals surface area contributed by atoms with Gasteiger partial charge >= 0.3 is 15.7 Å². The Kier molecular flexibility index (Phi) is 4.81. The Morgan fingerprint density at radius 1 is 1.08 bits per heavy atom. The normalized spacial score (nSPS) is 11.3. The second kappa shape index (κ2) is 7.05. The van der Waals surface area contributed by atoms with Crippen LogP contribution in [0.2, 0.25) is 0 Å². The van der Waals surface area contributed by atoms with Crippen LogP contribution < -0.4 is 14.5 Å². The lowest BCUT2D eigenvalue weighted by molar-refractivity contribution is 0.390. The Morgan fingerprint density at radius 2 is 1.88 bits per heavy atom. The molecule has 0 N–H and O–H groups in total. The van der Waals surface area contributed by atoms with Gasteiger partial charge in [0.25, 0.3) is 0 Å². The fraction of sp³-hybridized carbons (Fsp3) is 0.105. The summed E-state index contributed by atoms with van der Waals surface area (Å²) in [5.74, 6) is 0.389. The quantitative estimate of drug-likeness (QED) is 0.375. The molecule has 0 saturated heterocycles. The largest absolute Gasteiger partial charge is 0.493 e. The Bertz CT molecular complexity index is 1130. The first-order chi connectivity index (χ1) is 12.4. The van der Waals surface area contributed by atoms with Gasteiger partial charge in [-0.05, 0) is 48.4 Å². The van der Waals surface area contributed by atoms with Gasteiger partial charge in [-0.25, -0.2) is 4.79 Å². The Labute approximate surface area is 150 Å². The van der Waals surface area contributed by atoms with Gasteiger partial charge in [0.15, 0.2) is 11.5 Å². The van der Waals surface area contributed by atoms with Gasteiger partial charge < -0.3 is 13.3 Å². The summed E-state index contributed by atoms with van der Waals surface area (Å²) in [7, 11) is -2.66. The smallest absolute Gasteiger partial charge is 0.339 e. The first-order valence-corrected chi connectivity index (χ1v) is 9.10. The Balaban J connectivity index is 1.97. The summed E-state index contributed by atoms with van der Waals surface area (Å²) in [6, 6.07) is 11.8. The van der Waals surface area contributed by atoms with Crippen molar-refractivity contribution in [3.8, 4) is 11.5 Å². The molecule has 6 nitrogen and oxygen atoms in total. The summed E-state index contributed by atoms with van der Waals surface area (Å²) in [5.41, 5.74) is 0.707. The van der Waals surface area contributed by atoms with E-state index in [-0.39, 0.29) is 10.6 Å². The van der Waals surface area contributed by atoms with E-state index in [9.17, 15) is 13.2 Å². The van der Waals surface area contributed by atoms with Crippen LogP contribution in [0.15, 0.2) is 75.3 Å². The lowest BCUT2D eigenvalue weighted by Crippen LogP contribution is -2.10. The molecule has 2 aromatic carbocycles. The zero-order valence-electron chi connectivity index (χ0n) is 14.0. The molecule has 0 aliphatic heterocycles. The molecular weight excluding hydrogens is 356 g/mol. The van der Waals surface area contributed by atoms with E-state index in [0.29, 0.717) is 23.1 Å². The van der Waals surface area contributed by atoms with Crippen LogP contribution in [-0.4, -0.2) is 15.5 Å². The van der Waals surface area contributed by atoms with E-state index in [0.717, 1.165) is 5.56 Å². The van der Waals surface area contributed by atoms with Crippen LogP contribution >= 0.6 is 0 Å². The molecule has 0 unspecified atom stereocenters. The number of hydrogen-bond acceptors (Lipinski definition) is 6. The Hall–Kier alpha value is -3.06. The molecule has 0 spiro atoms. The molecule has 7 heteroatoms. The van der Waals surface area contributed by atoms with Crippen molar-refractivity contribution in [1.29, 1.82) is 0 Å². The lowest BCUT2D eigenvalue weighted by Gasteiger charge is -2.12. The van der Waals surface area contributed by atoms with Gasteiger partial charge in [-0.1, -0.05) is 12.1 Å². The molecule has 1 aromatic heterocycles. The van der Waals surface area contributed by atoms with E-state index >= 15 is 0 Å². The fourth-order valence-electron chi connectivity index (χ4n) is 2.45. The van der Waals surface area contributed by atoms with Gasteiger partial charge in [-0.15, -0.1) is 6.58 Å². The number of fused-ring (bicyclic) bond motifs is 1. The first kappa shape index (κ1) is 17.8. The van der Waals surface area contributed by atoms with E-state index in [1.807, 2.05) is 0 Å². The molecule has 1 heterocycles. The molecule has 0 amide bonds. The van der Waals surface area contributed by atoms with Crippen LogP contribution in [0.25, 0.3) is 11.0 Å². The topological polar surface area (TPSA) is 82.8 Å². The molecule has 3 aromatic rings. The molecule has 0 saturated carbocycles. The molecule has 3 rings (SSSR count). The highest BCUT2D eigenvalue weighted by Crippen LogP contribution is 2.31. The third-order valence-corrected chi connectivity index (χ3v) is 4.92. The first-order valence-electron chi connectivity index (χ1n) is 7.69. The summed E-state index contributed by atoms with van der Waals surface area (Å²) >= 11 is 0. The molecule has 0 atom stereocenters. The van der Waals surface area contributed by atoms with Gasteiger partial charge in [-0.3, -0.25) is 0 Å². The van der Waals surface area contributed by atoms with Gasteiger partial charge in [0.1, 0.15) is 10.5 Å². The zero-order valence-corrected chi connectivity index (χ0v) is 14.8. The maximum absolute atomic E-state index is 12.6. The van der Waals surface area contributed by atoms with Gasteiger partial charge in [0.05, 0.1) is 7.11 Å². The second-order valence-corrected chi connectivity index (χ2v) is 7.02. The van der Waals surface area contributed by atoms with E-state index in [1.54, 1.807) is 18.2 Å². The average molecular weight is 372 g/mol. The zero-order chi connectivity index (χ0) is 18.7. The van der Waals surface area contributed by atoms with Crippen molar-refractivity contribution in [2.75, 3.05) is 7.11 Å². The van der Waals surface area contributed by atoms with E-state index in [1.165, 1.54) is 43.5 Å². The molecule has 0 bridgehead atoms. The highest BCUT2D eigenvalue weighted by molar-refractivity contribution is 7.87. The van der Waals surface area contributed by atoms with E-state index in [2.05, 4.69) is 6.58 Å². The molecule has 0 radical (unpaired) electrons. The maximum atomic E-state index is 12.6. The highest BCUT2D eigenvalue weighted by Gasteiger charge is 2.20. The van der Waals surface area contributed by atoms with E-state index in [4.69, 9.17) is 13.3 Å². The minimum absolute atomic E-state index is 0.0592. The predicted molar refractivity (Wildman–Crippen MR) is 97.2 cm³/mol. The van der Waals surface area contributed by atoms with Crippen LogP contribution in [-0.2, 0) is 16.5 Å². The third kappa shape index (κ3) is 3.62. The summed E-state index contributed by atoms with van der Waals surface area (Å²) in [4.78, 5) is 11.2. The Morgan fingerprint density at radius 3 is 2.62 bits per heavy atom. The van der Waals surface area contributed by atoms with Crippen LogP contribution in [0.3, 0.4) is 0 Å². The van der Waals surface area contributed by atoms with Crippen molar-refractivity contribution in [3.63, 3.8) is 0 Å². The monoisotopic (exact) mass is 372 g/mol. The standard InChI is InChI=1S/C19H16O6S/c1-3-4-13-5-8-17(18(11-13)23-2)25-26(21,22)15-7-9-16-14(12-15)6-10-19(20)24-16/h3,5-12H,1,4H2,2H3. The van der Waals surface area contributed by atoms with Crippen LogP contribution in [0.5, 0.6) is 11.5 Å². The number of methoxy groups -OCH3 is 1.